The summed E-state index contributed by atoms with van der Waals surface area (Å²) in [6, 6.07) is 10.3. The molecule has 2 atom stereocenters. The Kier molecular flexibility index (Phi) is 9.61. The first-order chi connectivity index (χ1) is 12.0. The number of carbonyl (C=O) groups is 1. The molecule has 0 radical (unpaired) electrons. The van der Waals surface area contributed by atoms with Crippen LogP contribution in [-0.2, 0) is 9.53 Å². The molecule has 0 aliphatic heterocycles. The van der Waals surface area contributed by atoms with Crippen LogP contribution in [0.25, 0.3) is 6.08 Å². The highest BCUT2D eigenvalue weighted by Crippen LogP contribution is 2.19. The Morgan fingerprint density at radius 1 is 1.08 bits per heavy atom. The summed E-state index contributed by atoms with van der Waals surface area (Å²) in [5.74, 6) is 0.616. The van der Waals surface area contributed by atoms with E-state index in [1.165, 1.54) is 11.1 Å². The van der Waals surface area contributed by atoms with Crippen LogP contribution < -0.4 is 0 Å². The molecule has 1 aromatic rings. The van der Waals surface area contributed by atoms with E-state index in [1.54, 1.807) is 0 Å². The Bertz CT molecular complexity index is 608. The molecule has 0 heterocycles. The fraction of sp³-hybridized carbons (Fsp3) is 0.435. The molecule has 0 aromatic heterocycles. The van der Waals surface area contributed by atoms with Gasteiger partial charge in [0.05, 0.1) is 6.61 Å². The SMILES string of the molecule is CCOC(=O)/C(=C\[C@H](C)C[C@@H](C)/C=C(C)/C=C/c1ccccc1)CC. The zero-order valence-electron chi connectivity index (χ0n) is 16.3. The molecule has 0 fully saturated rings. The fourth-order valence-corrected chi connectivity index (χ4v) is 2.92. The highest BCUT2D eigenvalue weighted by Gasteiger charge is 2.11. The summed E-state index contributed by atoms with van der Waals surface area (Å²) >= 11 is 0. The zero-order valence-corrected chi connectivity index (χ0v) is 16.3. The van der Waals surface area contributed by atoms with Crippen LogP contribution in [0.15, 0.2) is 59.7 Å². The molecule has 0 saturated heterocycles. The molecular formula is C23H32O2. The van der Waals surface area contributed by atoms with E-state index in [1.807, 2.05) is 32.0 Å². The number of rotatable bonds is 9. The lowest BCUT2D eigenvalue weighted by Gasteiger charge is -2.13. The second-order valence-corrected chi connectivity index (χ2v) is 6.61. The number of hydrogen-bond donors (Lipinski definition) is 0. The molecule has 0 bridgehead atoms. The van der Waals surface area contributed by atoms with Crippen LogP contribution in [0.3, 0.4) is 0 Å². The minimum absolute atomic E-state index is 0.179. The maximum Gasteiger partial charge on any atom is 0.333 e. The summed E-state index contributed by atoms with van der Waals surface area (Å²) < 4.78 is 5.11. The summed E-state index contributed by atoms with van der Waals surface area (Å²) in [6.45, 7) is 10.8. The second-order valence-electron chi connectivity index (χ2n) is 6.61. The third-order valence-corrected chi connectivity index (χ3v) is 4.03. The van der Waals surface area contributed by atoms with Gasteiger partial charge in [-0.2, -0.15) is 0 Å². The van der Waals surface area contributed by atoms with E-state index < -0.39 is 0 Å². The number of hydrogen-bond acceptors (Lipinski definition) is 2. The predicted octanol–water partition coefficient (Wildman–Crippen LogP) is 6.21. The topological polar surface area (TPSA) is 26.3 Å². The van der Waals surface area contributed by atoms with E-state index in [2.05, 4.69) is 57.2 Å². The van der Waals surface area contributed by atoms with Crippen LogP contribution in [0.2, 0.25) is 0 Å². The van der Waals surface area contributed by atoms with Crippen molar-refractivity contribution in [3.8, 4) is 0 Å². The first-order valence-electron chi connectivity index (χ1n) is 9.25. The van der Waals surface area contributed by atoms with Crippen molar-refractivity contribution < 1.29 is 9.53 Å². The summed E-state index contributed by atoms with van der Waals surface area (Å²) in [5.41, 5.74) is 3.25. The summed E-state index contributed by atoms with van der Waals surface area (Å²) in [7, 11) is 0. The second kappa shape index (κ2) is 11.5. The Morgan fingerprint density at radius 3 is 2.32 bits per heavy atom. The number of esters is 1. The number of ether oxygens (including phenoxy) is 1. The molecule has 0 aliphatic carbocycles. The normalized spacial score (nSPS) is 15.2. The van der Waals surface area contributed by atoms with Gasteiger partial charge in [0.1, 0.15) is 0 Å². The molecule has 0 unspecified atom stereocenters. The Labute approximate surface area is 153 Å². The van der Waals surface area contributed by atoms with Crippen molar-refractivity contribution in [2.24, 2.45) is 11.8 Å². The molecule has 0 aliphatic rings. The van der Waals surface area contributed by atoms with Gasteiger partial charge in [-0.05, 0) is 44.1 Å². The van der Waals surface area contributed by atoms with Crippen LogP contribution in [0, 0.1) is 11.8 Å². The Morgan fingerprint density at radius 2 is 1.72 bits per heavy atom. The molecule has 136 valence electrons. The number of benzene rings is 1. The third kappa shape index (κ3) is 8.53. The van der Waals surface area contributed by atoms with Gasteiger partial charge in [-0.1, -0.05) is 81.0 Å². The molecule has 1 rings (SSSR count). The van der Waals surface area contributed by atoms with E-state index in [0.29, 0.717) is 24.9 Å². The Balaban J connectivity index is 2.62. The highest BCUT2D eigenvalue weighted by atomic mass is 16.5. The maximum atomic E-state index is 11.9. The summed E-state index contributed by atoms with van der Waals surface area (Å²) in [6.07, 6.45) is 10.4. The first-order valence-corrected chi connectivity index (χ1v) is 9.25. The Hall–Kier alpha value is -2.09. The predicted molar refractivity (Wildman–Crippen MR) is 107 cm³/mol. The van der Waals surface area contributed by atoms with Gasteiger partial charge >= 0.3 is 5.97 Å². The van der Waals surface area contributed by atoms with Crippen LogP contribution in [0.4, 0.5) is 0 Å². The smallest absolute Gasteiger partial charge is 0.333 e. The average Bonchev–Trinajstić information content (AvgIpc) is 2.58. The van der Waals surface area contributed by atoms with E-state index in [9.17, 15) is 4.79 Å². The third-order valence-electron chi connectivity index (χ3n) is 4.03. The van der Waals surface area contributed by atoms with Crippen molar-refractivity contribution in [2.75, 3.05) is 6.61 Å². The maximum absolute atomic E-state index is 11.9. The van der Waals surface area contributed by atoms with Crippen LogP contribution >= 0.6 is 0 Å². The lowest BCUT2D eigenvalue weighted by molar-refractivity contribution is -0.138. The zero-order chi connectivity index (χ0) is 18.7. The van der Waals surface area contributed by atoms with Crippen LogP contribution in [0.5, 0.6) is 0 Å². The molecule has 0 amide bonds. The van der Waals surface area contributed by atoms with Crippen LogP contribution in [-0.4, -0.2) is 12.6 Å². The van der Waals surface area contributed by atoms with Gasteiger partial charge in [0, 0.05) is 5.57 Å². The molecule has 0 N–H and O–H groups in total. The van der Waals surface area contributed by atoms with Gasteiger partial charge in [-0.25, -0.2) is 4.79 Å². The molecule has 25 heavy (non-hydrogen) atoms. The minimum atomic E-state index is -0.179. The van der Waals surface area contributed by atoms with E-state index in [4.69, 9.17) is 4.74 Å². The average molecular weight is 341 g/mol. The summed E-state index contributed by atoms with van der Waals surface area (Å²) in [5, 5.41) is 0. The highest BCUT2D eigenvalue weighted by molar-refractivity contribution is 5.88. The van der Waals surface area contributed by atoms with Gasteiger partial charge in [0.25, 0.3) is 0 Å². The molecule has 2 nitrogen and oxygen atoms in total. The minimum Gasteiger partial charge on any atom is -0.463 e. The fourth-order valence-electron chi connectivity index (χ4n) is 2.92. The van der Waals surface area contributed by atoms with E-state index in [0.717, 1.165) is 12.0 Å². The summed E-state index contributed by atoms with van der Waals surface area (Å²) in [4.78, 5) is 11.9. The van der Waals surface area contributed by atoms with Crippen molar-refractivity contribution >= 4 is 12.0 Å². The number of allylic oxidation sites excluding steroid dienone is 4. The van der Waals surface area contributed by atoms with Gasteiger partial charge < -0.3 is 4.74 Å². The van der Waals surface area contributed by atoms with Crippen molar-refractivity contribution in [3.63, 3.8) is 0 Å². The van der Waals surface area contributed by atoms with Crippen molar-refractivity contribution in [1.29, 1.82) is 0 Å². The van der Waals surface area contributed by atoms with Gasteiger partial charge in [-0.3, -0.25) is 0 Å². The first kappa shape index (κ1) is 21.0. The van der Waals surface area contributed by atoms with Crippen molar-refractivity contribution in [3.05, 3.63) is 65.3 Å². The number of carbonyl (C=O) groups excluding carboxylic acids is 1. The van der Waals surface area contributed by atoms with Gasteiger partial charge in [0.2, 0.25) is 0 Å². The van der Waals surface area contributed by atoms with E-state index in [-0.39, 0.29) is 5.97 Å². The lowest BCUT2D eigenvalue weighted by Crippen LogP contribution is -2.09. The molecule has 1 aromatic carbocycles. The lowest BCUT2D eigenvalue weighted by atomic mass is 9.93. The molecule has 2 heteroatoms. The molecule has 0 saturated carbocycles. The monoisotopic (exact) mass is 340 g/mol. The van der Waals surface area contributed by atoms with Crippen molar-refractivity contribution in [1.82, 2.24) is 0 Å². The molecule has 0 spiro atoms. The largest absolute Gasteiger partial charge is 0.463 e. The quantitative estimate of drug-likeness (QED) is 0.303. The van der Waals surface area contributed by atoms with Gasteiger partial charge in [0.15, 0.2) is 0 Å². The van der Waals surface area contributed by atoms with Crippen LogP contribution in [0.1, 0.15) is 53.0 Å². The van der Waals surface area contributed by atoms with Gasteiger partial charge in [-0.15, -0.1) is 0 Å². The van der Waals surface area contributed by atoms with E-state index >= 15 is 0 Å². The standard InChI is InChI=1S/C23H32O2/c1-6-22(23(24)25-7-2)17-20(5)16-19(4)15-18(3)13-14-21-11-9-8-10-12-21/h8-15,17,19-20H,6-7,16H2,1-5H3/b14-13+,18-15+,22-17-/t19-,20+/m0/s1. The van der Waals surface area contributed by atoms with Crippen molar-refractivity contribution in [2.45, 2.75) is 47.5 Å². The molecular weight excluding hydrogens is 308 g/mol.